The van der Waals surface area contributed by atoms with Crippen molar-refractivity contribution in [3.63, 3.8) is 0 Å². The van der Waals surface area contributed by atoms with Crippen molar-refractivity contribution in [2.45, 2.75) is 26.8 Å². The Bertz CT molecular complexity index is 844. The molecule has 0 radical (unpaired) electrons. The van der Waals surface area contributed by atoms with E-state index in [-0.39, 0.29) is 22.5 Å². The van der Waals surface area contributed by atoms with Crippen LogP contribution in [0.25, 0.3) is 0 Å². The van der Waals surface area contributed by atoms with Crippen LogP contribution in [0.2, 0.25) is 5.02 Å². The second-order valence-electron chi connectivity index (χ2n) is 5.84. The van der Waals surface area contributed by atoms with Crippen molar-refractivity contribution in [1.82, 2.24) is 5.32 Å². The molecule has 0 saturated carbocycles. The molecule has 26 heavy (non-hydrogen) atoms. The molecule has 0 unspecified atom stereocenters. The van der Waals surface area contributed by atoms with Crippen molar-refractivity contribution >= 4 is 45.7 Å². The third-order valence-corrected chi connectivity index (χ3v) is 4.95. The molecule has 1 heterocycles. The van der Waals surface area contributed by atoms with Crippen LogP contribution in [0, 0.1) is 6.92 Å². The minimum absolute atomic E-state index is 0.0577. The van der Waals surface area contributed by atoms with Gasteiger partial charge in [0.2, 0.25) is 0 Å². The molecule has 0 spiro atoms. The third-order valence-electron chi connectivity index (χ3n) is 3.50. The molecule has 1 aromatic carbocycles. The van der Waals surface area contributed by atoms with Gasteiger partial charge in [0.15, 0.2) is 0 Å². The summed E-state index contributed by atoms with van der Waals surface area (Å²) >= 11 is 6.86. The summed E-state index contributed by atoms with van der Waals surface area (Å²) in [7, 11) is 1.25. The maximum atomic E-state index is 12.5. The van der Waals surface area contributed by atoms with Gasteiger partial charge in [-0.15, -0.1) is 11.3 Å². The highest BCUT2D eigenvalue weighted by Crippen LogP contribution is 2.34. The molecule has 0 fully saturated rings. The summed E-state index contributed by atoms with van der Waals surface area (Å²) in [5, 5.41) is 6.24. The fourth-order valence-corrected chi connectivity index (χ4v) is 3.49. The number of carbonyl (C=O) groups excluding carboxylic acids is 3. The van der Waals surface area contributed by atoms with Crippen molar-refractivity contribution in [1.29, 1.82) is 0 Å². The summed E-state index contributed by atoms with van der Waals surface area (Å²) in [6, 6.07) is 6.28. The lowest BCUT2D eigenvalue weighted by molar-refractivity contribution is 0.0601. The van der Waals surface area contributed by atoms with Gasteiger partial charge in [0, 0.05) is 16.6 Å². The highest BCUT2D eigenvalue weighted by Gasteiger charge is 2.26. The summed E-state index contributed by atoms with van der Waals surface area (Å²) in [6.45, 7) is 5.33. The van der Waals surface area contributed by atoms with Crippen LogP contribution >= 0.6 is 22.9 Å². The lowest BCUT2D eigenvalue weighted by Crippen LogP contribution is -2.29. The maximum absolute atomic E-state index is 12.5. The molecular weight excluding hydrogens is 376 g/mol. The molecular formula is C18H19ClN2O4S. The fraction of sp³-hybridized carbons (Fsp3) is 0.278. The van der Waals surface area contributed by atoms with Gasteiger partial charge >= 0.3 is 5.97 Å². The van der Waals surface area contributed by atoms with Crippen LogP contribution in [-0.2, 0) is 4.74 Å². The Morgan fingerprint density at radius 3 is 2.27 bits per heavy atom. The second-order valence-corrected chi connectivity index (χ2v) is 7.30. The number of thiophene rings is 1. The Kier molecular flexibility index (Phi) is 6.39. The molecule has 138 valence electrons. The number of carbonyl (C=O) groups is 3. The van der Waals surface area contributed by atoms with Gasteiger partial charge < -0.3 is 15.4 Å². The number of amides is 2. The summed E-state index contributed by atoms with van der Waals surface area (Å²) < 4.78 is 4.80. The molecule has 2 aromatic rings. The quantitative estimate of drug-likeness (QED) is 0.753. The number of anilines is 1. The largest absolute Gasteiger partial charge is 0.465 e. The van der Waals surface area contributed by atoms with Gasteiger partial charge in [0.1, 0.15) is 5.00 Å². The molecule has 0 aliphatic carbocycles. The minimum atomic E-state index is -0.617. The minimum Gasteiger partial charge on any atom is -0.465 e. The Labute approximate surface area is 160 Å². The van der Waals surface area contributed by atoms with Crippen molar-refractivity contribution in [3.05, 3.63) is 50.9 Å². The first-order chi connectivity index (χ1) is 12.2. The van der Waals surface area contributed by atoms with Gasteiger partial charge in [-0.3, -0.25) is 9.59 Å². The van der Waals surface area contributed by atoms with E-state index in [2.05, 4.69) is 10.6 Å². The zero-order chi connectivity index (χ0) is 19.4. The van der Waals surface area contributed by atoms with Crippen molar-refractivity contribution < 1.29 is 19.1 Å². The number of hydrogen-bond acceptors (Lipinski definition) is 5. The molecule has 0 aliphatic heterocycles. The van der Waals surface area contributed by atoms with Gasteiger partial charge in [0.05, 0.1) is 17.6 Å². The Hall–Kier alpha value is -2.38. The van der Waals surface area contributed by atoms with Crippen molar-refractivity contribution in [2.24, 2.45) is 0 Å². The lowest BCUT2D eigenvalue weighted by Gasteiger charge is -2.07. The number of rotatable bonds is 5. The van der Waals surface area contributed by atoms with E-state index < -0.39 is 11.9 Å². The second kappa shape index (κ2) is 8.33. The number of nitrogens with one attached hydrogen (secondary N) is 2. The molecule has 0 atom stereocenters. The Morgan fingerprint density at radius 1 is 1.12 bits per heavy atom. The van der Waals surface area contributed by atoms with Gasteiger partial charge in [0.25, 0.3) is 11.8 Å². The summed E-state index contributed by atoms with van der Waals surface area (Å²) in [5.41, 5.74) is 1.02. The van der Waals surface area contributed by atoms with Crippen molar-refractivity contribution in [2.75, 3.05) is 12.4 Å². The number of benzene rings is 1. The van der Waals surface area contributed by atoms with E-state index in [1.807, 2.05) is 13.8 Å². The summed E-state index contributed by atoms with van der Waals surface area (Å²) in [4.78, 5) is 37.3. The van der Waals surface area contributed by atoms with E-state index in [1.54, 1.807) is 31.2 Å². The van der Waals surface area contributed by atoms with Gasteiger partial charge in [-0.05, 0) is 50.6 Å². The van der Waals surface area contributed by atoms with Crippen LogP contribution in [-0.4, -0.2) is 30.9 Å². The Morgan fingerprint density at radius 2 is 1.73 bits per heavy atom. The first-order valence-corrected chi connectivity index (χ1v) is 9.03. The summed E-state index contributed by atoms with van der Waals surface area (Å²) in [6.07, 6.45) is 0. The SMILES string of the molecule is COC(=O)c1c(NC(=O)c2ccc(Cl)cc2)sc(C(=O)NC(C)C)c1C. The predicted octanol–water partition coefficient (Wildman–Crippen LogP) is 3.89. The molecule has 8 heteroatoms. The highest BCUT2D eigenvalue weighted by atomic mass is 35.5. The van der Waals surface area contributed by atoms with Gasteiger partial charge in [-0.25, -0.2) is 4.79 Å². The third kappa shape index (κ3) is 4.42. The number of halogens is 1. The molecule has 2 rings (SSSR count). The van der Waals surface area contributed by atoms with E-state index in [9.17, 15) is 14.4 Å². The lowest BCUT2D eigenvalue weighted by atomic mass is 10.1. The fourth-order valence-electron chi connectivity index (χ4n) is 2.27. The topological polar surface area (TPSA) is 84.5 Å². The maximum Gasteiger partial charge on any atom is 0.341 e. The zero-order valence-electron chi connectivity index (χ0n) is 14.8. The number of methoxy groups -OCH3 is 1. The van der Waals surface area contributed by atoms with E-state index in [0.717, 1.165) is 11.3 Å². The molecule has 0 aliphatic rings. The van der Waals surface area contributed by atoms with Crippen LogP contribution in [0.15, 0.2) is 24.3 Å². The van der Waals surface area contributed by atoms with Gasteiger partial charge in [-0.1, -0.05) is 11.6 Å². The molecule has 2 N–H and O–H groups in total. The Balaban J connectivity index is 2.39. The normalized spacial score (nSPS) is 10.5. The predicted molar refractivity (Wildman–Crippen MR) is 102 cm³/mol. The zero-order valence-corrected chi connectivity index (χ0v) is 16.4. The van der Waals surface area contributed by atoms with Crippen LogP contribution < -0.4 is 10.6 Å². The van der Waals surface area contributed by atoms with Crippen LogP contribution in [0.3, 0.4) is 0 Å². The van der Waals surface area contributed by atoms with Gasteiger partial charge in [-0.2, -0.15) is 0 Å². The van der Waals surface area contributed by atoms with E-state index in [4.69, 9.17) is 16.3 Å². The number of hydrogen-bond donors (Lipinski definition) is 2. The van der Waals surface area contributed by atoms with Crippen molar-refractivity contribution in [3.8, 4) is 0 Å². The van der Waals surface area contributed by atoms with E-state index in [1.165, 1.54) is 7.11 Å². The number of esters is 1. The van der Waals surface area contributed by atoms with Crippen LogP contribution in [0.4, 0.5) is 5.00 Å². The molecule has 0 bridgehead atoms. The highest BCUT2D eigenvalue weighted by molar-refractivity contribution is 7.18. The monoisotopic (exact) mass is 394 g/mol. The first kappa shape index (κ1) is 19.9. The molecule has 1 aromatic heterocycles. The van der Waals surface area contributed by atoms with Crippen LogP contribution in [0.5, 0.6) is 0 Å². The average Bonchev–Trinajstić information content (AvgIpc) is 2.90. The number of ether oxygens (including phenoxy) is 1. The standard InChI is InChI=1S/C18H19ClN2O4S/c1-9(2)20-16(23)14-10(3)13(18(24)25-4)17(26-14)21-15(22)11-5-7-12(19)8-6-11/h5-9H,1-4H3,(H,20,23)(H,21,22). The first-order valence-electron chi connectivity index (χ1n) is 7.84. The van der Waals surface area contributed by atoms with E-state index in [0.29, 0.717) is 21.0 Å². The smallest absolute Gasteiger partial charge is 0.341 e. The van der Waals surface area contributed by atoms with Crippen LogP contribution in [0.1, 0.15) is 49.8 Å². The molecule has 6 nitrogen and oxygen atoms in total. The molecule has 0 saturated heterocycles. The average molecular weight is 395 g/mol. The molecule has 2 amide bonds. The van der Waals surface area contributed by atoms with E-state index >= 15 is 0 Å². The summed E-state index contributed by atoms with van der Waals surface area (Å²) in [5.74, 6) is -1.34.